The van der Waals surface area contributed by atoms with E-state index in [4.69, 9.17) is 0 Å². The van der Waals surface area contributed by atoms with Gasteiger partial charge in [-0.05, 0) is 0 Å². The molecule has 0 aliphatic heterocycles. The van der Waals surface area contributed by atoms with Gasteiger partial charge in [-0.2, -0.15) is 0 Å². The van der Waals surface area contributed by atoms with Crippen molar-refractivity contribution in [3.8, 4) is 0 Å². The predicted molar refractivity (Wildman–Crippen MR) is 90.4 cm³/mol. The van der Waals surface area contributed by atoms with Crippen LogP contribution in [0.15, 0.2) is 54.1 Å². The van der Waals surface area contributed by atoms with E-state index in [0.29, 0.717) is 0 Å². The molecule has 3 rings (SSSR count). The molecule has 0 heterocycles. The van der Waals surface area contributed by atoms with Crippen molar-refractivity contribution in [3.05, 3.63) is 70.8 Å². The van der Waals surface area contributed by atoms with Crippen LogP contribution in [0, 0.1) is 0 Å². The Kier molecular flexibility index (Phi) is 10.2. The fourth-order valence-corrected chi connectivity index (χ4v) is 6.94. The molecule has 0 radical (unpaired) electrons. The molecule has 1 unspecified atom stereocenters. The van der Waals surface area contributed by atoms with Crippen molar-refractivity contribution >= 4 is 20.8 Å². The molecule has 24 heavy (non-hydrogen) atoms. The van der Waals surface area contributed by atoms with E-state index < -0.39 is 9.52 Å². The van der Waals surface area contributed by atoms with E-state index in [1.165, 1.54) is 18.4 Å². The van der Waals surface area contributed by atoms with Crippen LogP contribution in [0.3, 0.4) is 0 Å². The summed E-state index contributed by atoms with van der Waals surface area (Å²) in [5.74, 6) is 0. The summed E-state index contributed by atoms with van der Waals surface area (Å²) in [5, 5.41) is 1.64. The van der Waals surface area contributed by atoms with Crippen LogP contribution < -0.4 is 42.4 Å². The predicted octanol–water partition coefficient (Wildman–Crippen LogP) is -5.74. The Morgan fingerprint density at radius 3 is 2.29 bits per heavy atom. The number of aryl methyl sites for hydroxylation is 1. The van der Waals surface area contributed by atoms with Gasteiger partial charge in [0, 0.05) is 0 Å². The van der Waals surface area contributed by atoms with Gasteiger partial charge < -0.3 is 37.2 Å². The first-order valence-electron chi connectivity index (χ1n) is 7.75. The van der Waals surface area contributed by atoms with Crippen LogP contribution in [0.1, 0.15) is 37.0 Å². The summed E-state index contributed by atoms with van der Waals surface area (Å²) in [6.45, 7) is 4.59. The molecular formula is C19H21Cl3SiTi. The molecule has 0 aromatic heterocycles. The molecule has 1 atom stereocenters. The van der Waals surface area contributed by atoms with Crippen molar-refractivity contribution in [1.29, 1.82) is 0 Å². The SMILES string of the molecule is CCCc1ccccc1[SiH2][C]1([Ti+3])C(C)=Cc2ccccc21.[Cl-].[Cl-].[Cl-]. The number of benzene rings is 2. The van der Waals surface area contributed by atoms with Crippen molar-refractivity contribution in [2.45, 2.75) is 30.0 Å². The molecule has 0 saturated heterocycles. The summed E-state index contributed by atoms with van der Waals surface area (Å²) in [7, 11) is -0.405. The van der Waals surface area contributed by atoms with Crippen molar-refractivity contribution in [2.24, 2.45) is 0 Å². The topological polar surface area (TPSA) is 0 Å². The first-order valence-corrected chi connectivity index (χ1v) is 9.94. The first kappa shape index (κ1) is 24.0. The molecule has 1 aliphatic rings. The second-order valence-electron chi connectivity index (χ2n) is 6.02. The van der Waals surface area contributed by atoms with Crippen molar-refractivity contribution in [3.63, 3.8) is 0 Å². The Balaban J connectivity index is 0.00000176. The smallest absolute Gasteiger partial charge is 1.00 e. The molecule has 0 nitrogen and oxygen atoms in total. The van der Waals surface area contributed by atoms with E-state index in [1.807, 2.05) is 0 Å². The minimum absolute atomic E-state index is 0. The van der Waals surface area contributed by atoms with Crippen LogP contribution in [-0.2, 0) is 30.2 Å². The largest absolute Gasteiger partial charge is 1.00 e. The third-order valence-electron chi connectivity index (χ3n) is 4.56. The maximum atomic E-state index is 2.46. The van der Waals surface area contributed by atoms with Crippen molar-refractivity contribution in [1.82, 2.24) is 0 Å². The Morgan fingerprint density at radius 1 is 0.958 bits per heavy atom. The van der Waals surface area contributed by atoms with Crippen molar-refractivity contribution < 1.29 is 57.7 Å². The number of fused-ring (bicyclic) bond motifs is 1. The minimum Gasteiger partial charge on any atom is -1.00 e. The third-order valence-corrected chi connectivity index (χ3v) is 8.96. The summed E-state index contributed by atoms with van der Waals surface area (Å²) < 4.78 is 0.278. The van der Waals surface area contributed by atoms with Crippen LogP contribution in [-0.4, -0.2) is 9.52 Å². The number of hydrogen-bond acceptors (Lipinski definition) is 0. The average molecular weight is 432 g/mol. The molecule has 0 saturated carbocycles. The number of hydrogen-bond donors (Lipinski definition) is 0. The number of rotatable bonds is 4. The zero-order valence-corrected chi connectivity index (χ0v) is 19.2. The van der Waals surface area contributed by atoms with Crippen LogP contribution in [0.4, 0.5) is 0 Å². The summed E-state index contributed by atoms with van der Waals surface area (Å²) in [6, 6.07) is 18.0. The summed E-state index contributed by atoms with van der Waals surface area (Å²) in [4.78, 5) is 0. The molecule has 126 valence electrons. The van der Waals surface area contributed by atoms with Crippen LogP contribution in [0.5, 0.6) is 0 Å². The first-order chi connectivity index (χ1) is 10.1. The number of halogens is 3. The van der Waals surface area contributed by atoms with Crippen LogP contribution >= 0.6 is 0 Å². The van der Waals surface area contributed by atoms with Gasteiger partial charge in [0.05, 0.1) is 0 Å². The normalized spacial score (nSPS) is 18.2. The van der Waals surface area contributed by atoms with Gasteiger partial charge in [0.1, 0.15) is 0 Å². The fraction of sp³-hybridized carbons (Fsp3) is 0.263. The molecular weight excluding hydrogens is 411 g/mol. The Morgan fingerprint density at radius 2 is 1.58 bits per heavy atom. The Bertz CT molecular complexity index is 703. The van der Waals surface area contributed by atoms with E-state index in [9.17, 15) is 0 Å². The van der Waals surface area contributed by atoms with Gasteiger partial charge in [-0.1, -0.05) is 0 Å². The van der Waals surface area contributed by atoms with Gasteiger partial charge in [-0.25, -0.2) is 0 Å². The zero-order valence-electron chi connectivity index (χ0n) is 14.0. The maximum Gasteiger partial charge on any atom is -1.00 e. The molecule has 2 aromatic rings. The second-order valence-corrected chi connectivity index (χ2v) is 10.6. The number of allylic oxidation sites excluding steroid dienone is 1. The Hall–Kier alpha value is -0.0188. The Labute approximate surface area is 178 Å². The molecule has 0 spiro atoms. The quantitative estimate of drug-likeness (QED) is 0.424. The summed E-state index contributed by atoms with van der Waals surface area (Å²) >= 11 is 2.46. The molecule has 0 amide bonds. The van der Waals surface area contributed by atoms with Crippen LogP contribution in [0.2, 0.25) is 0 Å². The van der Waals surface area contributed by atoms with Gasteiger partial charge in [-0.15, -0.1) is 0 Å². The summed E-state index contributed by atoms with van der Waals surface area (Å²) in [5.41, 5.74) is 6.09. The maximum absolute atomic E-state index is 2.46. The van der Waals surface area contributed by atoms with Gasteiger partial charge in [0.25, 0.3) is 0 Å². The van der Waals surface area contributed by atoms with E-state index in [-0.39, 0.29) is 40.6 Å². The minimum atomic E-state index is -0.405. The third kappa shape index (κ3) is 4.58. The van der Waals surface area contributed by atoms with E-state index in [2.05, 4.69) is 88.9 Å². The van der Waals surface area contributed by atoms with Gasteiger partial charge in [0.2, 0.25) is 0 Å². The molecule has 5 heteroatoms. The van der Waals surface area contributed by atoms with E-state index in [1.54, 1.807) is 21.9 Å². The van der Waals surface area contributed by atoms with Crippen LogP contribution in [0.25, 0.3) is 6.08 Å². The second kappa shape index (κ2) is 10.2. The summed E-state index contributed by atoms with van der Waals surface area (Å²) in [6.07, 6.45) is 4.84. The van der Waals surface area contributed by atoms with Gasteiger partial charge in [0.15, 0.2) is 0 Å². The van der Waals surface area contributed by atoms with E-state index >= 15 is 0 Å². The fourth-order valence-electron chi connectivity index (χ4n) is 3.34. The van der Waals surface area contributed by atoms with Gasteiger partial charge in [-0.3, -0.25) is 0 Å². The van der Waals surface area contributed by atoms with E-state index in [0.717, 1.165) is 0 Å². The van der Waals surface area contributed by atoms with Gasteiger partial charge >= 0.3 is 142 Å². The average Bonchev–Trinajstić information content (AvgIpc) is 2.73. The standard InChI is InChI=1S/C19H21Si.3ClH.Ti/c1-3-8-15-9-5-7-12-18(15)20-19-14(2)13-16-10-4-6-11-17(16)19;;;;/h4-7,9-13H,3,8,20H2,1-2H3;3*1H;/q;;;;+3/p-3. The molecule has 1 aliphatic carbocycles. The molecule has 2 aromatic carbocycles. The molecule has 0 bridgehead atoms. The molecule has 0 fully saturated rings. The van der Waals surface area contributed by atoms with Crippen molar-refractivity contribution in [2.75, 3.05) is 0 Å². The molecule has 0 N–H and O–H groups in total. The monoisotopic (exact) mass is 430 g/mol. The zero-order chi connectivity index (χ0) is 14.9.